The zero-order valence-electron chi connectivity index (χ0n) is 20.7. The molecule has 0 atom stereocenters. The second-order valence-electron chi connectivity index (χ2n) is 10.4. The quantitative estimate of drug-likeness (QED) is 0.535. The minimum atomic E-state index is -5.22. The Labute approximate surface area is 209 Å². The lowest BCUT2D eigenvalue weighted by Gasteiger charge is -2.33. The van der Waals surface area contributed by atoms with Crippen molar-refractivity contribution in [2.24, 2.45) is 11.1 Å². The Morgan fingerprint density at radius 2 is 1.89 bits per heavy atom. The molecule has 1 fully saturated rings. The average Bonchev–Trinajstić information content (AvgIpc) is 2.77. The van der Waals surface area contributed by atoms with E-state index in [9.17, 15) is 31.2 Å². The summed E-state index contributed by atoms with van der Waals surface area (Å²) in [6, 6.07) is 1.10. The number of carbonyl (C=O) groups excluding carboxylic acids is 2. The van der Waals surface area contributed by atoms with Gasteiger partial charge in [0.25, 0.3) is 5.91 Å². The van der Waals surface area contributed by atoms with E-state index in [0.29, 0.717) is 56.6 Å². The van der Waals surface area contributed by atoms with Gasteiger partial charge in [-0.1, -0.05) is 19.9 Å². The lowest BCUT2D eigenvalue weighted by atomic mass is 9.77. The van der Waals surface area contributed by atoms with E-state index in [2.05, 4.69) is 23.6 Å². The minimum absolute atomic E-state index is 0.0150. The van der Waals surface area contributed by atoms with Crippen LogP contribution in [0.15, 0.2) is 12.1 Å². The van der Waals surface area contributed by atoms with E-state index < -0.39 is 33.6 Å². The van der Waals surface area contributed by atoms with Gasteiger partial charge in [-0.3, -0.25) is 4.79 Å². The van der Waals surface area contributed by atoms with Gasteiger partial charge in [0.05, 0.1) is 17.0 Å². The lowest BCUT2D eigenvalue weighted by molar-refractivity contribution is -0.189. The number of rotatable bonds is 7. The van der Waals surface area contributed by atoms with Crippen LogP contribution in [0.5, 0.6) is 5.75 Å². The summed E-state index contributed by atoms with van der Waals surface area (Å²) < 4.78 is 66.6. The number of aromatic nitrogens is 1. The molecule has 1 aliphatic heterocycles. The van der Waals surface area contributed by atoms with Crippen molar-refractivity contribution in [1.29, 1.82) is 0 Å². The molecule has 1 aliphatic carbocycles. The molecule has 2 aliphatic rings. The van der Waals surface area contributed by atoms with Gasteiger partial charge in [-0.25, -0.2) is 18.2 Å². The van der Waals surface area contributed by atoms with E-state index in [1.165, 1.54) is 6.26 Å². The van der Waals surface area contributed by atoms with Crippen LogP contribution in [0.25, 0.3) is 5.57 Å². The second kappa shape index (κ2) is 10.5. The van der Waals surface area contributed by atoms with Gasteiger partial charge in [-0.2, -0.15) is 13.2 Å². The topological polar surface area (TPSA) is 120 Å². The minimum Gasteiger partial charge on any atom is -0.418 e. The van der Waals surface area contributed by atoms with Crippen LogP contribution in [0.1, 0.15) is 73.6 Å². The summed E-state index contributed by atoms with van der Waals surface area (Å²) in [5, 5.41) is 0. The highest BCUT2D eigenvalue weighted by atomic mass is 32.2. The number of amides is 1. The standard InChI is InChI=1S/C24H32F3N3O5S/c1-23(2)8-4-15(5-9-23)20-18(35-22(32)24(25,26)27)14-17(21(28)31)19(29-20)16-6-10-30(11-7-16)12-13-36(3,33)34/h4,14,16H,5-13H2,1-3H3,(H2,28,31). The molecule has 0 unspecified atom stereocenters. The predicted octanol–water partition coefficient (Wildman–Crippen LogP) is 3.47. The first-order chi connectivity index (χ1) is 16.6. The predicted molar refractivity (Wildman–Crippen MR) is 128 cm³/mol. The van der Waals surface area contributed by atoms with E-state index in [-0.39, 0.29) is 28.3 Å². The summed E-state index contributed by atoms with van der Waals surface area (Å²) >= 11 is 0. The zero-order valence-corrected chi connectivity index (χ0v) is 21.5. The zero-order chi connectivity index (χ0) is 26.9. The molecular formula is C24H32F3N3O5S. The number of hydrogen-bond donors (Lipinski definition) is 1. The summed E-state index contributed by atoms with van der Waals surface area (Å²) in [5.74, 6) is -3.90. The third kappa shape index (κ3) is 7.28. The number of sulfone groups is 1. The molecule has 1 aromatic rings. The number of hydrogen-bond acceptors (Lipinski definition) is 7. The SMILES string of the molecule is CC1(C)CC=C(c2nc(C3CCN(CCS(C)(=O)=O)CC3)c(C(N)=O)cc2OC(=O)C(F)(F)F)CC1. The number of halogens is 3. The van der Waals surface area contributed by atoms with Gasteiger partial charge < -0.3 is 15.4 Å². The first-order valence-corrected chi connectivity index (χ1v) is 13.8. The van der Waals surface area contributed by atoms with Gasteiger partial charge in [0, 0.05) is 18.7 Å². The molecular weight excluding hydrogens is 499 g/mol. The summed E-state index contributed by atoms with van der Waals surface area (Å²) in [4.78, 5) is 30.5. The number of likely N-dealkylation sites (tertiary alicyclic amines) is 1. The maximum Gasteiger partial charge on any atom is 0.491 e. The maximum absolute atomic E-state index is 13.0. The fourth-order valence-electron chi connectivity index (χ4n) is 4.50. The molecule has 3 rings (SSSR count). The molecule has 0 spiro atoms. The molecule has 1 amide bonds. The average molecular weight is 532 g/mol. The van der Waals surface area contributed by atoms with Crippen molar-refractivity contribution in [3.8, 4) is 5.75 Å². The molecule has 0 saturated carbocycles. The van der Waals surface area contributed by atoms with Crippen LogP contribution in [0, 0.1) is 5.41 Å². The van der Waals surface area contributed by atoms with Crippen LogP contribution in [0.2, 0.25) is 0 Å². The largest absolute Gasteiger partial charge is 0.491 e. The number of piperidine rings is 1. The summed E-state index contributed by atoms with van der Waals surface area (Å²) in [6.45, 7) is 5.69. The van der Waals surface area contributed by atoms with Gasteiger partial charge in [0.2, 0.25) is 0 Å². The number of carbonyl (C=O) groups is 2. The molecule has 12 heteroatoms. The van der Waals surface area contributed by atoms with E-state index >= 15 is 0 Å². The fourth-order valence-corrected chi connectivity index (χ4v) is 5.09. The number of pyridine rings is 1. The molecule has 0 radical (unpaired) electrons. The van der Waals surface area contributed by atoms with Gasteiger partial charge in [-0.05, 0) is 62.2 Å². The Kier molecular flexibility index (Phi) is 8.19. The second-order valence-corrected chi connectivity index (χ2v) is 12.6. The molecule has 1 saturated heterocycles. The summed E-state index contributed by atoms with van der Waals surface area (Å²) in [5.41, 5.74) is 6.61. The van der Waals surface area contributed by atoms with Crippen LogP contribution < -0.4 is 10.5 Å². The highest BCUT2D eigenvalue weighted by Crippen LogP contribution is 2.42. The number of primary amides is 1. The Morgan fingerprint density at radius 1 is 1.25 bits per heavy atom. The van der Waals surface area contributed by atoms with Crippen LogP contribution in [-0.4, -0.2) is 68.0 Å². The van der Waals surface area contributed by atoms with Crippen molar-refractivity contribution in [3.63, 3.8) is 0 Å². The van der Waals surface area contributed by atoms with E-state index in [4.69, 9.17) is 5.73 Å². The van der Waals surface area contributed by atoms with Crippen molar-refractivity contribution in [2.45, 2.75) is 58.0 Å². The Morgan fingerprint density at radius 3 is 2.39 bits per heavy atom. The third-order valence-electron chi connectivity index (χ3n) is 6.75. The number of esters is 1. The van der Waals surface area contributed by atoms with Crippen molar-refractivity contribution in [2.75, 3.05) is 31.6 Å². The number of nitrogens with zero attached hydrogens (tertiary/aromatic N) is 2. The Bertz CT molecular complexity index is 1150. The first-order valence-electron chi connectivity index (χ1n) is 11.8. The van der Waals surface area contributed by atoms with Crippen molar-refractivity contribution in [1.82, 2.24) is 9.88 Å². The van der Waals surface area contributed by atoms with Crippen LogP contribution >= 0.6 is 0 Å². The van der Waals surface area contributed by atoms with Crippen molar-refractivity contribution < 1.29 is 35.9 Å². The highest BCUT2D eigenvalue weighted by Gasteiger charge is 2.42. The van der Waals surface area contributed by atoms with E-state index in [0.717, 1.165) is 12.5 Å². The van der Waals surface area contributed by atoms with Crippen LogP contribution in [0.3, 0.4) is 0 Å². The molecule has 200 valence electrons. The molecule has 2 N–H and O–H groups in total. The summed E-state index contributed by atoms with van der Waals surface area (Å²) in [7, 11) is -3.10. The number of nitrogens with two attached hydrogens (primary N) is 1. The number of ether oxygens (including phenoxy) is 1. The van der Waals surface area contributed by atoms with Crippen LogP contribution in [-0.2, 0) is 14.6 Å². The van der Waals surface area contributed by atoms with Crippen molar-refractivity contribution >= 4 is 27.3 Å². The highest BCUT2D eigenvalue weighted by molar-refractivity contribution is 7.90. The van der Waals surface area contributed by atoms with Gasteiger partial charge in [-0.15, -0.1) is 0 Å². The number of alkyl halides is 3. The van der Waals surface area contributed by atoms with Gasteiger partial charge >= 0.3 is 12.1 Å². The van der Waals surface area contributed by atoms with E-state index in [1.54, 1.807) is 0 Å². The van der Waals surface area contributed by atoms with Crippen molar-refractivity contribution in [3.05, 3.63) is 29.1 Å². The van der Waals surface area contributed by atoms with E-state index in [1.807, 2.05) is 11.0 Å². The monoisotopic (exact) mass is 531 g/mol. The molecule has 2 heterocycles. The van der Waals surface area contributed by atoms with Gasteiger partial charge in [0.15, 0.2) is 5.75 Å². The molecule has 1 aromatic heterocycles. The first kappa shape index (κ1) is 28.1. The lowest BCUT2D eigenvalue weighted by Crippen LogP contribution is -2.37. The fraction of sp³-hybridized carbons (Fsp3) is 0.625. The Balaban J connectivity index is 1.97. The molecule has 36 heavy (non-hydrogen) atoms. The normalized spacial score (nSPS) is 19.6. The third-order valence-corrected chi connectivity index (χ3v) is 7.67. The molecule has 0 bridgehead atoms. The number of allylic oxidation sites excluding steroid dienone is 2. The summed E-state index contributed by atoms with van der Waals surface area (Å²) in [6.07, 6.45) is 0.923. The Hall–Kier alpha value is -2.47. The van der Waals surface area contributed by atoms with Crippen LogP contribution in [0.4, 0.5) is 13.2 Å². The maximum atomic E-state index is 13.0. The molecule has 0 aromatic carbocycles. The molecule has 8 nitrogen and oxygen atoms in total. The van der Waals surface area contributed by atoms with Gasteiger partial charge in [0.1, 0.15) is 15.5 Å². The smallest absolute Gasteiger partial charge is 0.418 e.